The van der Waals surface area contributed by atoms with E-state index >= 15 is 0 Å². The Hall–Kier alpha value is -2.53. The van der Waals surface area contributed by atoms with Gasteiger partial charge in [-0.25, -0.2) is 4.79 Å². The summed E-state index contributed by atoms with van der Waals surface area (Å²) in [4.78, 5) is 12.0. The van der Waals surface area contributed by atoms with Gasteiger partial charge in [-0.1, -0.05) is 42.5 Å². The number of nitrogens with one attached hydrogen (secondary N) is 2. The zero-order valence-electron chi connectivity index (χ0n) is 13.6. The Balaban J connectivity index is 1.44. The molecule has 2 aromatic carbocycles. The third-order valence-electron chi connectivity index (χ3n) is 4.27. The van der Waals surface area contributed by atoms with Crippen LogP contribution < -0.4 is 15.4 Å². The topological polar surface area (TPSA) is 70.6 Å². The van der Waals surface area contributed by atoms with Gasteiger partial charge in [0.2, 0.25) is 0 Å². The Bertz CT molecular complexity index is 690. The lowest BCUT2D eigenvalue weighted by Crippen LogP contribution is -2.39. The summed E-state index contributed by atoms with van der Waals surface area (Å²) in [5.74, 6) is 1.07. The molecule has 1 aliphatic rings. The lowest BCUT2D eigenvalue weighted by atomic mass is 10.1. The number of amides is 2. The van der Waals surface area contributed by atoms with Crippen molar-refractivity contribution in [3.8, 4) is 5.75 Å². The molecule has 1 aliphatic carbocycles. The molecule has 0 heterocycles. The highest BCUT2D eigenvalue weighted by Gasteiger charge is 2.39. The van der Waals surface area contributed by atoms with Crippen LogP contribution in [0.15, 0.2) is 54.6 Å². The van der Waals surface area contributed by atoms with Crippen molar-refractivity contribution in [1.82, 2.24) is 10.6 Å². The summed E-state index contributed by atoms with van der Waals surface area (Å²) in [7, 11) is 1.58. The zero-order chi connectivity index (χ0) is 16.9. The summed E-state index contributed by atoms with van der Waals surface area (Å²) >= 11 is 0. The monoisotopic (exact) mass is 326 g/mol. The molecule has 0 radical (unpaired) electrons. The maximum atomic E-state index is 12.0. The van der Waals surface area contributed by atoms with Gasteiger partial charge in [0.1, 0.15) is 5.75 Å². The largest absolute Gasteiger partial charge is 0.497 e. The van der Waals surface area contributed by atoms with E-state index in [1.54, 1.807) is 19.2 Å². The van der Waals surface area contributed by atoms with Crippen molar-refractivity contribution < 1.29 is 14.6 Å². The van der Waals surface area contributed by atoms with Crippen LogP contribution in [0.4, 0.5) is 4.79 Å². The molecule has 3 atom stereocenters. The van der Waals surface area contributed by atoms with E-state index in [1.165, 1.54) is 5.56 Å². The molecule has 2 amide bonds. The van der Waals surface area contributed by atoms with E-state index < -0.39 is 6.10 Å². The van der Waals surface area contributed by atoms with Gasteiger partial charge in [0.25, 0.3) is 0 Å². The predicted molar refractivity (Wildman–Crippen MR) is 92.1 cm³/mol. The summed E-state index contributed by atoms with van der Waals surface area (Å²) in [5.41, 5.74) is 1.96. The number of hydrogen-bond acceptors (Lipinski definition) is 3. The highest BCUT2D eigenvalue weighted by atomic mass is 16.5. The number of carbonyl (C=O) groups is 1. The van der Waals surface area contributed by atoms with Gasteiger partial charge in [0.15, 0.2) is 0 Å². The second kappa shape index (κ2) is 7.36. The quantitative estimate of drug-likeness (QED) is 0.764. The van der Waals surface area contributed by atoms with Gasteiger partial charge in [-0.3, -0.25) is 0 Å². The number of carbonyl (C=O) groups excluding carboxylic acids is 1. The van der Waals surface area contributed by atoms with Crippen LogP contribution in [0.2, 0.25) is 0 Å². The van der Waals surface area contributed by atoms with Crippen LogP contribution >= 0.6 is 0 Å². The highest BCUT2D eigenvalue weighted by Crippen LogP contribution is 2.40. The molecular formula is C19H22N2O3. The van der Waals surface area contributed by atoms with Crippen molar-refractivity contribution in [2.45, 2.75) is 24.5 Å². The fourth-order valence-corrected chi connectivity index (χ4v) is 2.80. The summed E-state index contributed by atoms with van der Waals surface area (Å²) in [6, 6.07) is 17.3. The van der Waals surface area contributed by atoms with E-state index in [0.717, 1.165) is 6.42 Å². The number of benzene rings is 2. The molecule has 0 bridgehead atoms. The SMILES string of the molecule is COc1cccc(C(O)CNC(=O)NC2CC2c2ccccc2)c1. The number of hydrogen-bond donors (Lipinski definition) is 3. The Morgan fingerprint density at radius 3 is 2.79 bits per heavy atom. The first kappa shape index (κ1) is 16.3. The Kier molecular flexibility index (Phi) is 5.01. The molecule has 3 N–H and O–H groups in total. The molecule has 2 aromatic rings. The number of urea groups is 1. The van der Waals surface area contributed by atoms with E-state index in [1.807, 2.05) is 30.3 Å². The summed E-state index contributed by atoms with van der Waals surface area (Å²) in [6.45, 7) is 0.154. The normalized spacial score (nSPS) is 20.1. The van der Waals surface area contributed by atoms with Gasteiger partial charge in [-0.15, -0.1) is 0 Å². The van der Waals surface area contributed by atoms with Crippen LogP contribution in [-0.2, 0) is 0 Å². The second-order valence-electron chi connectivity index (χ2n) is 6.01. The first-order valence-electron chi connectivity index (χ1n) is 8.08. The molecule has 5 heteroatoms. The minimum absolute atomic E-state index is 0.154. The third kappa shape index (κ3) is 4.06. The summed E-state index contributed by atoms with van der Waals surface area (Å²) < 4.78 is 5.13. The lowest BCUT2D eigenvalue weighted by molar-refractivity contribution is 0.172. The molecule has 1 fully saturated rings. The van der Waals surface area contributed by atoms with Crippen molar-refractivity contribution in [2.24, 2.45) is 0 Å². The summed E-state index contributed by atoms with van der Waals surface area (Å²) in [6.07, 6.45) is 0.186. The maximum absolute atomic E-state index is 12.0. The van der Waals surface area contributed by atoms with Crippen LogP contribution in [0, 0.1) is 0 Å². The molecule has 24 heavy (non-hydrogen) atoms. The number of aliphatic hydroxyl groups is 1. The Morgan fingerprint density at radius 2 is 2.04 bits per heavy atom. The van der Waals surface area contributed by atoms with Crippen LogP contribution in [0.3, 0.4) is 0 Å². The van der Waals surface area contributed by atoms with E-state index in [-0.39, 0.29) is 18.6 Å². The van der Waals surface area contributed by atoms with Crippen LogP contribution in [-0.4, -0.2) is 30.8 Å². The highest BCUT2D eigenvalue weighted by molar-refractivity contribution is 5.75. The third-order valence-corrected chi connectivity index (χ3v) is 4.27. The van der Waals surface area contributed by atoms with E-state index in [0.29, 0.717) is 17.2 Å². The minimum Gasteiger partial charge on any atom is -0.497 e. The van der Waals surface area contributed by atoms with Gasteiger partial charge in [-0.2, -0.15) is 0 Å². The number of methoxy groups -OCH3 is 1. The molecule has 0 aromatic heterocycles. The molecule has 5 nitrogen and oxygen atoms in total. The number of aliphatic hydroxyl groups excluding tert-OH is 1. The molecule has 0 spiro atoms. The average Bonchev–Trinajstić information content (AvgIpc) is 3.39. The maximum Gasteiger partial charge on any atom is 0.315 e. The van der Waals surface area contributed by atoms with Crippen LogP contribution in [0.1, 0.15) is 29.6 Å². The molecule has 0 saturated heterocycles. The molecule has 126 valence electrons. The summed E-state index contributed by atoms with van der Waals surface area (Å²) in [5, 5.41) is 15.8. The van der Waals surface area contributed by atoms with Crippen molar-refractivity contribution in [2.75, 3.05) is 13.7 Å². The van der Waals surface area contributed by atoms with Crippen molar-refractivity contribution in [1.29, 1.82) is 0 Å². The first-order chi connectivity index (χ1) is 11.7. The van der Waals surface area contributed by atoms with Gasteiger partial charge in [0.05, 0.1) is 13.2 Å². The van der Waals surface area contributed by atoms with Crippen molar-refractivity contribution in [3.05, 3.63) is 65.7 Å². The van der Waals surface area contributed by atoms with Gasteiger partial charge in [0, 0.05) is 18.5 Å². The Labute approximate surface area is 141 Å². The molecule has 1 saturated carbocycles. The van der Waals surface area contributed by atoms with E-state index in [4.69, 9.17) is 4.74 Å². The molecule has 3 unspecified atom stereocenters. The van der Waals surface area contributed by atoms with Gasteiger partial charge < -0.3 is 20.5 Å². The Morgan fingerprint density at radius 1 is 1.25 bits per heavy atom. The first-order valence-corrected chi connectivity index (χ1v) is 8.08. The predicted octanol–water partition coefficient (Wildman–Crippen LogP) is 2.58. The fraction of sp³-hybridized carbons (Fsp3) is 0.316. The van der Waals surface area contributed by atoms with E-state index in [9.17, 15) is 9.90 Å². The fourth-order valence-electron chi connectivity index (χ4n) is 2.80. The lowest BCUT2D eigenvalue weighted by Gasteiger charge is -2.14. The smallest absolute Gasteiger partial charge is 0.315 e. The van der Waals surface area contributed by atoms with Crippen molar-refractivity contribution in [3.63, 3.8) is 0 Å². The average molecular weight is 326 g/mol. The van der Waals surface area contributed by atoms with Gasteiger partial charge >= 0.3 is 6.03 Å². The number of rotatable bonds is 6. The molecule has 0 aliphatic heterocycles. The molecular weight excluding hydrogens is 304 g/mol. The van der Waals surface area contributed by atoms with Crippen molar-refractivity contribution >= 4 is 6.03 Å². The van der Waals surface area contributed by atoms with Crippen LogP contribution in [0.25, 0.3) is 0 Å². The minimum atomic E-state index is -0.769. The standard InChI is InChI=1S/C19H22N2O3/c1-24-15-9-5-8-14(10-15)18(22)12-20-19(23)21-17-11-16(17)13-6-3-2-4-7-13/h2-10,16-18,22H,11-12H2,1H3,(H2,20,21,23). The molecule has 3 rings (SSSR count). The number of ether oxygens (including phenoxy) is 1. The zero-order valence-corrected chi connectivity index (χ0v) is 13.6. The second-order valence-corrected chi connectivity index (χ2v) is 6.01. The van der Waals surface area contributed by atoms with Gasteiger partial charge in [-0.05, 0) is 29.7 Å². The van der Waals surface area contributed by atoms with E-state index in [2.05, 4.69) is 22.8 Å². The van der Waals surface area contributed by atoms with Crippen LogP contribution in [0.5, 0.6) is 5.75 Å².